The smallest absolute Gasteiger partial charge is 0.333 e. The molecule has 0 saturated carbocycles. The second kappa shape index (κ2) is 7.61. The van der Waals surface area contributed by atoms with Crippen LogP contribution in [0.1, 0.15) is 17.8 Å². The molecule has 2 heterocycles. The number of nitro groups is 1. The minimum Gasteiger partial charge on any atom is -0.494 e. The average molecular weight is 398 g/mol. The third kappa shape index (κ3) is 3.96. The van der Waals surface area contributed by atoms with Gasteiger partial charge in [0.05, 0.1) is 40.0 Å². The normalized spacial score (nSPS) is 11.6. The fraction of sp³-hybridized carbons (Fsp3) is 0.176. The number of benzene rings is 1. The first-order valence-corrected chi connectivity index (χ1v) is 8.05. The van der Waals surface area contributed by atoms with Crippen LogP contribution in [-0.4, -0.2) is 42.5 Å². The summed E-state index contributed by atoms with van der Waals surface area (Å²) in [5.41, 5.74) is -0.330. The zero-order valence-corrected chi connectivity index (χ0v) is 14.9. The molecule has 0 N–H and O–H groups in total. The van der Waals surface area contributed by atoms with E-state index in [1.54, 1.807) is 0 Å². The zero-order chi connectivity index (χ0) is 21.3. The Labute approximate surface area is 165 Å². The lowest BCUT2D eigenvalue weighted by atomic mass is 9.50. The molecule has 12 heteroatoms. The van der Waals surface area contributed by atoms with E-state index in [0.29, 0.717) is 4.68 Å². The molecule has 0 aliphatic heterocycles. The van der Waals surface area contributed by atoms with E-state index in [9.17, 15) is 23.3 Å². The quantitative estimate of drug-likeness (QED) is 0.363. The minimum atomic E-state index is -2.88. The summed E-state index contributed by atoms with van der Waals surface area (Å²) in [6.07, 6.45) is 2.05. The Morgan fingerprint density at radius 2 is 2.00 bits per heavy atom. The second-order valence-electron chi connectivity index (χ2n) is 6.06. The van der Waals surface area contributed by atoms with Crippen LogP contribution in [0.4, 0.5) is 18.9 Å². The molecular formula is C17H11B2F3N4O3. The highest BCUT2D eigenvalue weighted by Crippen LogP contribution is 2.34. The summed E-state index contributed by atoms with van der Waals surface area (Å²) in [5, 5.41) is 12.7. The van der Waals surface area contributed by atoms with Crippen molar-refractivity contribution in [2.24, 2.45) is 0 Å². The van der Waals surface area contributed by atoms with Gasteiger partial charge in [-0.3, -0.25) is 10.1 Å². The first-order chi connectivity index (χ1) is 13.6. The highest BCUT2D eigenvalue weighted by Gasteiger charge is 2.28. The number of methoxy groups -OCH3 is 1. The van der Waals surface area contributed by atoms with Gasteiger partial charge < -0.3 is 4.74 Å². The maximum Gasteiger partial charge on any atom is 0.333 e. The SMILES string of the molecule is [B]C([B])(c1cnn(C(F)F)c1)c1ccc(OC)c(-c2cc(F)cc([N+](=O)[O-])c2)n1. The number of pyridine rings is 1. The van der Waals surface area contributed by atoms with E-state index in [1.807, 2.05) is 0 Å². The van der Waals surface area contributed by atoms with E-state index in [4.69, 9.17) is 20.4 Å². The summed E-state index contributed by atoms with van der Waals surface area (Å²) in [6, 6.07) is 5.73. The third-order valence-electron chi connectivity index (χ3n) is 4.15. The first-order valence-electron chi connectivity index (χ1n) is 8.05. The molecule has 0 unspecified atom stereocenters. The van der Waals surface area contributed by atoms with Crippen molar-refractivity contribution in [3.63, 3.8) is 0 Å². The number of aromatic nitrogens is 3. The van der Waals surface area contributed by atoms with E-state index in [1.165, 1.54) is 19.2 Å². The van der Waals surface area contributed by atoms with E-state index >= 15 is 0 Å². The van der Waals surface area contributed by atoms with Gasteiger partial charge >= 0.3 is 6.55 Å². The molecule has 3 rings (SSSR count). The highest BCUT2D eigenvalue weighted by atomic mass is 19.3. The lowest BCUT2D eigenvalue weighted by Crippen LogP contribution is -2.29. The van der Waals surface area contributed by atoms with Gasteiger partial charge in [-0.1, -0.05) is 0 Å². The molecule has 0 aliphatic carbocycles. The molecule has 2 aromatic heterocycles. The Kier molecular flexibility index (Phi) is 5.36. The number of non-ortho nitro benzene ring substituents is 1. The average Bonchev–Trinajstić information content (AvgIpc) is 3.18. The van der Waals surface area contributed by atoms with Crippen LogP contribution >= 0.6 is 0 Å². The highest BCUT2D eigenvalue weighted by molar-refractivity contribution is 6.42. The topological polar surface area (TPSA) is 83.1 Å². The summed E-state index contributed by atoms with van der Waals surface area (Å²) >= 11 is 0. The number of rotatable bonds is 6. The van der Waals surface area contributed by atoms with Crippen LogP contribution in [-0.2, 0) is 5.21 Å². The molecule has 0 bridgehead atoms. The molecule has 7 nitrogen and oxygen atoms in total. The predicted octanol–water partition coefficient (Wildman–Crippen LogP) is 2.93. The summed E-state index contributed by atoms with van der Waals surface area (Å²) in [7, 11) is 13.6. The van der Waals surface area contributed by atoms with Gasteiger partial charge in [0.2, 0.25) is 0 Å². The molecule has 1 aromatic carbocycles. The molecule has 0 fully saturated rings. The van der Waals surface area contributed by atoms with Gasteiger partial charge in [0.15, 0.2) is 0 Å². The standard InChI is InChI=1S/C17H11B2F3N4O3/c1-29-13-2-3-14(17(18,19)10-7-23-25(8-10)16(21)22)24-15(13)9-4-11(20)6-12(5-9)26(27)28/h2-8,16H,1H3. The maximum atomic E-state index is 13.9. The van der Waals surface area contributed by atoms with Gasteiger partial charge in [0.1, 0.15) is 17.3 Å². The molecule has 29 heavy (non-hydrogen) atoms. The van der Waals surface area contributed by atoms with Crippen molar-refractivity contribution in [1.82, 2.24) is 14.8 Å². The van der Waals surface area contributed by atoms with Gasteiger partial charge in [-0.05, 0) is 29.0 Å². The third-order valence-corrected chi connectivity index (χ3v) is 4.15. The van der Waals surface area contributed by atoms with E-state index < -0.39 is 28.2 Å². The molecule has 0 aliphatic rings. The fourth-order valence-corrected chi connectivity index (χ4v) is 2.67. The van der Waals surface area contributed by atoms with E-state index in [2.05, 4.69) is 10.1 Å². The fourth-order valence-electron chi connectivity index (χ4n) is 2.67. The largest absolute Gasteiger partial charge is 0.494 e. The number of halogens is 3. The van der Waals surface area contributed by atoms with Crippen molar-refractivity contribution in [3.05, 3.63) is 69.9 Å². The van der Waals surface area contributed by atoms with Crippen LogP contribution in [0.25, 0.3) is 11.3 Å². The first kappa shape index (κ1) is 20.4. The monoisotopic (exact) mass is 398 g/mol. The molecule has 4 radical (unpaired) electrons. The van der Waals surface area contributed by atoms with Crippen molar-refractivity contribution in [2.75, 3.05) is 7.11 Å². The number of nitro benzene ring substituents is 1. The van der Waals surface area contributed by atoms with Crippen molar-refractivity contribution in [3.8, 4) is 17.0 Å². The minimum absolute atomic E-state index is 0.0223. The van der Waals surface area contributed by atoms with Crippen LogP contribution < -0.4 is 4.74 Å². The predicted molar refractivity (Wildman–Crippen MR) is 98.6 cm³/mol. The van der Waals surface area contributed by atoms with Crippen LogP contribution in [0.3, 0.4) is 0 Å². The molecule has 0 amide bonds. The summed E-state index contributed by atoms with van der Waals surface area (Å²) in [5.74, 6) is -0.679. The van der Waals surface area contributed by atoms with Crippen LogP contribution in [0, 0.1) is 15.9 Å². The Bertz CT molecular complexity index is 1080. The number of hydrogen-bond acceptors (Lipinski definition) is 5. The molecule has 0 spiro atoms. The summed E-state index contributed by atoms with van der Waals surface area (Å²) in [6.45, 7) is -2.88. The Hall–Kier alpha value is -3.30. The van der Waals surface area contributed by atoms with Crippen molar-refractivity contribution in [2.45, 2.75) is 11.8 Å². The van der Waals surface area contributed by atoms with Gasteiger partial charge in [-0.15, -0.1) is 0 Å². The number of hydrogen-bond donors (Lipinski definition) is 0. The number of nitrogens with zero attached hydrogens (tertiary/aromatic N) is 4. The van der Waals surface area contributed by atoms with E-state index in [0.717, 1.165) is 30.6 Å². The maximum absolute atomic E-state index is 13.9. The van der Waals surface area contributed by atoms with Crippen LogP contribution in [0.15, 0.2) is 42.7 Å². The Morgan fingerprint density at radius 1 is 1.28 bits per heavy atom. The molecular weight excluding hydrogens is 387 g/mol. The van der Waals surface area contributed by atoms with E-state index in [-0.39, 0.29) is 28.3 Å². The van der Waals surface area contributed by atoms with Crippen molar-refractivity contribution in [1.29, 1.82) is 0 Å². The van der Waals surface area contributed by atoms with Gasteiger partial charge in [0, 0.05) is 23.5 Å². The lowest BCUT2D eigenvalue weighted by Gasteiger charge is -2.25. The summed E-state index contributed by atoms with van der Waals surface area (Å²) < 4.78 is 45.0. The van der Waals surface area contributed by atoms with Gasteiger partial charge in [-0.2, -0.15) is 13.9 Å². The molecule has 0 saturated heterocycles. The number of alkyl halides is 2. The molecule has 144 valence electrons. The van der Waals surface area contributed by atoms with Crippen molar-refractivity contribution >= 4 is 21.4 Å². The second-order valence-corrected chi connectivity index (χ2v) is 6.06. The van der Waals surface area contributed by atoms with Crippen LogP contribution in [0.2, 0.25) is 0 Å². The molecule has 0 atom stereocenters. The molecule has 3 aromatic rings. The number of ether oxygens (including phenoxy) is 1. The lowest BCUT2D eigenvalue weighted by molar-refractivity contribution is -0.385. The Morgan fingerprint density at radius 3 is 2.59 bits per heavy atom. The van der Waals surface area contributed by atoms with Gasteiger partial charge in [0.25, 0.3) is 5.69 Å². The van der Waals surface area contributed by atoms with Crippen LogP contribution in [0.5, 0.6) is 5.75 Å². The zero-order valence-electron chi connectivity index (χ0n) is 14.9. The Balaban J connectivity index is 2.13. The van der Waals surface area contributed by atoms with Crippen molar-refractivity contribution < 1.29 is 22.8 Å². The summed E-state index contributed by atoms with van der Waals surface area (Å²) in [4.78, 5) is 14.6. The van der Waals surface area contributed by atoms with Gasteiger partial charge in [-0.25, -0.2) is 14.1 Å².